The molecule has 4 rings (SSSR count). The molecule has 2 aromatic heterocycles. The summed E-state index contributed by atoms with van der Waals surface area (Å²) in [5.41, 5.74) is 2.71. The first-order valence-electron chi connectivity index (χ1n) is 9.20. The number of carbonyl (C=O) groups excluding carboxylic acids is 1. The van der Waals surface area contributed by atoms with Gasteiger partial charge in [0.25, 0.3) is 0 Å². The summed E-state index contributed by atoms with van der Waals surface area (Å²) in [6.45, 7) is 2.50. The predicted molar refractivity (Wildman–Crippen MR) is 115 cm³/mol. The fourth-order valence-corrected chi connectivity index (χ4v) is 4.34. The van der Waals surface area contributed by atoms with E-state index in [1.807, 2.05) is 31.2 Å². The summed E-state index contributed by atoms with van der Waals surface area (Å²) in [6, 6.07) is 14.1. The van der Waals surface area contributed by atoms with Gasteiger partial charge in [-0.25, -0.2) is 4.79 Å². The van der Waals surface area contributed by atoms with Crippen LogP contribution in [0, 0.1) is 0 Å². The summed E-state index contributed by atoms with van der Waals surface area (Å²) in [5, 5.41) is 15.3. The van der Waals surface area contributed by atoms with Gasteiger partial charge >= 0.3 is 6.03 Å². The maximum absolute atomic E-state index is 12.4. The number of carbonyl (C=O) groups is 1. The summed E-state index contributed by atoms with van der Waals surface area (Å²) in [7, 11) is 1.63. The first-order valence-corrected chi connectivity index (χ1v) is 10.0. The van der Waals surface area contributed by atoms with E-state index in [2.05, 4.69) is 39.0 Å². The summed E-state index contributed by atoms with van der Waals surface area (Å²) in [6.07, 6.45) is 2.57. The minimum Gasteiger partial charge on any atom is -0.383 e. The van der Waals surface area contributed by atoms with Crippen molar-refractivity contribution in [1.29, 1.82) is 0 Å². The number of anilines is 1. The first-order chi connectivity index (χ1) is 13.7. The summed E-state index contributed by atoms with van der Waals surface area (Å²) in [4.78, 5) is 13.6. The molecule has 0 aliphatic carbocycles. The molecule has 2 heterocycles. The Balaban J connectivity index is 1.66. The third-order valence-electron chi connectivity index (χ3n) is 4.69. The second kappa shape index (κ2) is 8.00. The number of H-pyrrole nitrogens is 1. The molecule has 3 N–H and O–H groups in total. The van der Waals surface area contributed by atoms with Crippen LogP contribution in [0.15, 0.2) is 48.7 Å². The predicted octanol–water partition coefficient (Wildman–Crippen LogP) is 4.99. The average molecular weight is 395 g/mol. The van der Waals surface area contributed by atoms with Crippen molar-refractivity contribution in [3.05, 3.63) is 48.7 Å². The van der Waals surface area contributed by atoms with Crippen molar-refractivity contribution in [2.45, 2.75) is 19.4 Å². The van der Waals surface area contributed by atoms with Crippen molar-refractivity contribution in [2.24, 2.45) is 0 Å². The lowest BCUT2D eigenvalue weighted by Gasteiger charge is -2.16. The minimum absolute atomic E-state index is 0.0234. The molecule has 28 heavy (non-hydrogen) atoms. The Morgan fingerprint density at radius 2 is 2.11 bits per heavy atom. The number of thiophene rings is 1. The van der Waals surface area contributed by atoms with Gasteiger partial charge in [0, 0.05) is 33.3 Å². The number of hydrogen-bond donors (Lipinski definition) is 3. The highest BCUT2D eigenvalue weighted by Gasteiger charge is 2.14. The third kappa shape index (κ3) is 3.72. The van der Waals surface area contributed by atoms with E-state index in [0.717, 1.165) is 33.5 Å². The molecular formula is C21H22N4O2S. The highest BCUT2D eigenvalue weighted by Crippen LogP contribution is 2.38. The molecule has 1 unspecified atom stereocenters. The molecule has 0 saturated carbocycles. The van der Waals surface area contributed by atoms with Crippen molar-refractivity contribution in [3.8, 4) is 10.4 Å². The van der Waals surface area contributed by atoms with Gasteiger partial charge in [0.15, 0.2) is 0 Å². The molecule has 2 amide bonds. The van der Waals surface area contributed by atoms with Gasteiger partial charge in [-0.1, -0.05) is 25.1 Å². The molecule has 0 bridgehead atoms. The standard InChI is InChI=1S/C21H22N4O2S/c1-3-15(12-27-2)23-21(26)24-16-8-14-11-22-25-20(14)17(10-16)19-9-13-6-4-5-7-18(13)28-19/h4-11,15H,3,12H2,1-2H3,(H,22,25)(H2,23,24,26). The van der Waals surface area contributed by atoms with Gasteiger partial charge in [-0.05, 0) is 36.1 Å². The lowest BCUT2D eigenvalue weighted by Crippen LogP contribution is -2.40. The molecule has 2 aromatic carbocycles. The first kappa shape index (κ1) is 18.5. The Labute approximate surface area is 166 Å². The van der Waals surface area contributed by atoms with E-state index in [-0.39, 0.29) is 12.1 Å². The molecule has 6 nitrogen and oxygen atoms in total. The number of aromatic nitrogens is 2. The Kier molecular flexibility index (Phi) is 5.27. The number of ether oxygens (including phenoxy) is 1. The molecule has 0 spiro atoms. The quantitative estimate of drug-likeness (QED) is 0.431. The van der Waals surface area contributed by atoms with Crippen molar-refractivity contribution >= 4 is 44.0 Å². The van der Waals surface area contributed by atoms with E-state index in [1.165, 1.54) is 10.1 Å². The normalized spacial score (nSPS) is 12.4. The van der Waals surface area contributed by atoms with E-state index >= 15 is 0 Å². The van der Waals surface area contributed by atoms with E-state index in [1.54, 1.807) is 24.6 Å². The molecule has 0 radical (unpaired) electrons. The molecule has 144 valence electrons. The second-order valence-electron chi connectivity index (χ2n) is 6.67. The van der Waals surface area contributed by atoms with Crippen molar-refractivity contribution in [2.75, 3.05) is 19.0 Å². The number of methoxy groups -OCH3 is 1. The summed E-state index contributed by atoms with van der Waals surface area (Å²) in [5.74, 6) is 0. The lowest BCUT2D eigenvalue weighted by atomic mass is 10.1. The van der Waals surface area contributed by atoms with Gasteiger partial charge in [-0.2, -0.15) is 5.10 Å². The van der Waals surface area contributed by atoms with Crippen LogP contribution >= 0.6 is 11.3 Å². The highest BCUT2D eigenvalue weighted by molar-refractivity contribution is 7.22. The summed E-state index contributed by atoms with van der Waals surface area (Å²) >= 11 is 1.72. The second-order valence-corrected chi connectivity index (χ2v) is 7.75. The largest absolute Gasteiger partial charge is 0.383 e. The van der Waals surface area contributed by atoms with Gasteiger partial charge in [0.05, 0.1) is 24.4 Å². The van der Waals surface area contributed by atoms with Crippen LogP contribution in [0.3, 0.4) is 0 Å². The van der Waals surface area contributed by atoms with Crippen LogP contribution in [0.4, 0.5) is 10.5 Å². The number of hydrogen-bond acceptors (Lipinski definition) is 4. The van der Waals surface area contributed by atoms with Crippen LogP contribution in [0.2, 0.25) is 0 Å². The zero-order valence-electron chi connectivity index (χ0n) is 15.8. The molecule has 4 aromatic rings. The Hall–Kier alpha value is -2.90. The van der Waals surface area contributed by atoms with Crippen LogP contribution in [0.1, 0.15) is 13.3 Å². The van der Waals surface area contributed by atoms with Gasteiger partial charge in [0.2, 0.25) is 0 Å². The molecule has 0 fully saturated rings. The number of benzene rings is 2. The number of amides is 2. The Bertz CT molecular complexity index is 1080. The van der Waals surface area contributed by atoms with Gasteiger partial charge in [0.1, 0.15) is 0 Å². The van der Waals surface area contributed by atoms with E-state index in [9.17, 15) is 4.79 Å². The number of aromatic amines is 1. The molecular weight excluding hydrogens is 372 g/mol. The molecule has 7 heteroatoms. The number of urea groups is 1. The maximum atomic E-state index is 12.4. The van der Waals surface area contributed by atoms with E-state index in [4.69, 9.17) is 4.74 Å². The highest BCUT2D eigenvalue weighted by atomic mass is 32.1. The molecule has 0 saturated heterocycles. The van der Waals surface area contributed by atoms with Crippen molar-refractivity contribution in [3.63, 3.8) is 0 Å². The minimum atomic E-state index is -0.242. The fourth-order valence-electron chi connectivity index (χ4n) is 3.25. The van der Waals surface area contributed by atoms with Crippen LogP contribution in [-0.4, -0.2) is 36.0 Å². The number of nitrogens with one attached hydrogen (secondary N) is 3. The molecule has 0 aliphatic heterocycles. The van der Waals surface area contributed by atoms with Crippen molar-refractivity contribution in [1.82, 2.24) is 15.5 Å². The smallest absolute Gasteiger partial charge is 0.319 e. The molecule has 0 aliphatic rings. The van der Waals surface area contributed by atoms with Crippen molar-refractivity contribution < 1.29 is 9.53 Å². The average Bonchev–Trinajstić information content (AvgIpc) is 3.33. The van der Waals surface area contributed by atoms with E-state index < -0.39 is 0 Å². The monoisotopic (exact) mass is 394 g/mol. The maximum Gasteiger partial charge on any atom is 0.319 e. The van der Waals surface area contributed by atoms with Crippen LogP contribution < -0.4 is 10.6 Å². The SMILES string of the molecule is CCC(COC)NC(=O)Nc1cc(-c2cc3ccccc3s2)c2[nH]ncc2c1. The zero-order valence-corrected chi connectivity index (χ0v) is 16.6. The fraction of sp³-hybridized carbons (Fsp3) is 0.238. The zero-order chi connectivity index (χ0) is 19.5. The molecule has 1 atom stereocenters. The topological polar surface area (TPSA) is 79.0 Å². The third-order valence-corrected chi connectivity index (χ3v) is 5.84. The van der Waals surface area contributed by atoms with Crippen LogP contribution in [0.5, 0.6) is 0 Å². The summed E-state index contributed by atoms with van der Waals surface area (Å²) < 4.78 is 6.37. The number of nitrogens with zero attached hydrogens (tertiary/aromatic N) is 1. The Morgan fingerprint density at radius 1 is 1.25 bits per heavy atom. The Morgan fingerprint density at radius 3 is 2.89 bits per heavy atom. The van der Waals surface area contributed by atoms with Gasteiger partial charge in [-0.3, -0.25) is 5.10 Å². The number of fused-ring (bicyclic) bond motifs is 2. The van der Waals surface area contributed by atoms with Crippen LogP contribution in [0.25, 0.3) is 31.4 Å². The van der Waals surface area contributed by atoms with E-state index in [0.29, 0.717) is 6.61 Å². The van der Waals surface area contributed by atoms with Crippen LogP contribution in [-0.2, 0) is 4.74 Å². The van der Waals surface area contributed by atoms with Gasteiger partial charge < -0.3 is 15.4 Å². The lowest BCUT2D eigenvalue weighted by molar-refractivity contribution is 0.165. The number of rotatable bonds is 6. The van der Waals surface area contributed by atoms with Gasteiger partial charge in [-0.15, -0.1) is 11.3 Å².